The van der Waals surface area contributed by atoms with Crippen molar-refractivity contribution in [1.82, 2.24) is 16.0 Å². The number of hydrogen-bond acceptors (Lipinski definition) is 5. The maximum absolute atomic E-state index is 11.4. The third-order valence-electron chi connectivity index (χ3n) is 1.89. The van der Waals surface area contributed by atoms with Gasteiger partial charge in [0.25, 0.3) is 0 Å². The first kappa shape index (κ1) is 15.9. The van der Waals surface area contributed by atoms with Gasteiger partial charge in [0, 0.05) is 19.3 Å². The maximum Gasteiger partial charge on any atom is 0.321 e. The molecule has 0 aliphatic heterocycles. The Bertz CT molecular complexity index is 366. The fourth-order valence-electron chi connectivity index (χ4n) is 0.978. The predicted molar refractivity (Wildman–Crippen MR) is 64.4 cm³/mol. The number of imide groups is 1. The molecule has 0 radical (unpaired) electrons. The van der Waals surface area contributed by atoms with Crippen LogP contribution in [0.15, 0.2) is 0 Å². The van der Waals surface area contributed by atoms with Crippen molar-refractivity contribution in [2.45, 2.75) is 19.9 Å². The molecule has 17 heavy (non-hydrogen) atoms. The summed E-state index contributed by atoms with van der Waals surface area (Å²) < 4.78 is 21.7. The van der Waals surface area contributed by atoms with E-state index in [0.717, 1.165) is 6.26 Å². The molecule has 0 aliphatic carbocycles. The van der Waals surface area contributed by atoms with Crippen molar-refractivity contribution in [3.63, 3.8) is 0 Å². The lowest BCUT2D eigenvalue weighted by atomic mass is 10.3. The lowest BCUT2D eigenvalue weighted by molar-refractivity contribution is -0.121. The summed E-state index contributed by atoms with van der Waals surface area (Å²) in [4.78, 5) is 22.4. The van der Waals surface area contributed by atoms with Crippen LogP contribution < -0.4 is 16.0 Å². The lowest BCUT2D eigenvalue weighted by Gasteiger charge is -2.12. The van der Waals surface area contributed by atoms with E-state index in [1.165, 1.54) is 0 Å². The third-order valence-corrected chi connectivity index (χ3v) is 2.84. The van der Waals surface area contributed by atoms with Gasteiger partial charge in [-0.15, -0.1) is 0 Å². The molecule has 0 aromatic heterocycles. The van der Waals surface area contributed by atoms with Gasteiger partial charge in [0.05, 0.1) is 11.8 Å². The molecule has 1 unspecified atom stereocenters. The van der Waals surface area contributed by atoms with Gasteiger partial charge < -0.3 is 10.6 Å². The highest BCUT2D eigenvalue weighted by Crippen LogP contribution is 1.85. The van der Waals surface area contributed by atoms with Gasteiger partial charge >= 0.3 is 6.03 Å². The molecule has 3 N–H and O–H groups in total. The number of urea groups is 1. The van der Waals surface area contributed by atoms with E-state index >= 15 is 0 Å². The molecule has 0 spiro atoms. The number of rotatable bonds is 6. The zero-order chi connectivity index (χ0) is 13.5. The minimum Gasteiger partial charge on any atom is -0.338 e. The monoisotopic (exact) mass is 265 g/mol. The predicted octanol–water partition coefficient (Wildman–Crippen LogP) is -1.15. The molecule has 8 heteroatoms. The van der Waals surface area contributed by atoms with Gasteiger partial charge in [-0.2, -0.15) is 0 Å². The molecule has 0 bridgehead atoms. The van der Waals surface area contributed by atoms with Gasteiger partial charge in [-0.3, -0.25) is 10.1 Å². The van der Waals surface area contributed by atoms with Crippen molar-refractivity contribution in [2.75, 3.05) is 25.1 Å². The van der Waals surface area contributed by atoms with Crippen LogP contribution in [0.4, 0.5) is 4.79 Å². The topological polar surface area (TPSA) is 104 Å². The molecule has 3 amide bonds. The summed E-state index contributed by atoms with van der Waals surface area (Å²) in [5, 5.41) is 7.26. The minimum absolute atomic E-state index is 0.0498. The lowest BCUT2D eigenvalue weighted by Crippen LogP contribution is -2.48. The third kappa shape index (κ3) is 8.64. The Morgan fingerprint density at radius 2 is 1.88 bits per heavy atom. The van der Waals surface area contributed by atoms with Gasteiger partial charge in [0.15, 0.2) is 0 Å². The summed E-state index contributed by atoms with van der Waals surface area (Å²) in [5.41, 5.74) is 0. The van der Waals surface area contributed by atoms with Gasteiger partial charge in [-0.1, -0.05) is 0 Å². The summed E-state index contributed by atoms with van der Waals surface area (Å²) >= 11 is 0. The molecule has 0 aromatic carbocycles. The Morgan fingerprint density at radius 3 is 2.35 bits per heavy atom. The van der Waals surface area contributed by atoms with Crippen LogP contribution in [-0.2, 0) is 14.6 Å². The number of amides is 3. The molecule has 100 valence electrons. The molecule has 1 atom stereocenters. The van der Waals surface area contributed by atoms with Crippen LogP contribution in [0.5, 0.6) is 0 Å². The van der Waals surface area contributed by atoms with Crippen LogP contribution in [-0.4, -0.2) is 51.5 Å². The Hall–Kier alpha value is -1.15. The van der Waals surface area contributed by atoms with Crippen LogP contribution in [0.1, 0.15) is 13.8 Å². The van der Waals surface area contributed by atoms with E-state index in [2.05, 4.69) is 16.0 Å². The van der Waals surface area contributed by atoms with Gasteiger partial charge in [0.1, 0.15) is 9.84 Å². The number of nitrogens with one attached hydrogen (secondary N) is 3. The first-order valence-electron chi connectivity index (χ1n) is 5.26. The van der Waals surface area contributed by atoms with E-state index in [4.69, 9.17) is 0 Å². The van der Waals surface area contributed by atoms with Crippen LogP contribution in [0.2, 0.25) is 0 Å². The zero-order valence-corrected chi connectivity index (χ0v) is 11.1. The highest BCUT2D eigenvalue weighted by Gasteiger charge is 2.15. The van der Waals surface area contributed by atoms with Crippen LogP contribution in [0.25, 0.3) is 0 Å². The van der Waals surface area contributed by atoms with Gasteiger partial charge in [-0.25, -0.2) is 13.2 Å². The van der Waals surface area contributed by atoms with Crippen LogP contribution in [0, 0.1) is 0 Å². The fraction of sp³-hybridized carbons (Fsp3) is 0.778. The molecule has 0 heterocycles. The average Bonchev–Trinajstić information content (AvgIpc) is 2.15. The Kier molecular flexibility index (Phi) is 6.74. The van der Waals surface area contributed by atoms with E-state index < -0.39 is 27.8 Å². The second kappa shape index (κ2) is 7.23. The van der Waals surface area contributed by atoms with Crippen molar-refractivity contribution in [3.8, 4) is 0 Å². The number of carbonyl (C=O) groups is 2. The molecule has 0 rings (SSSR count). The molecular formula is C9H19N3O4S. The molecular weight excluding hydrogens is 246 g/mol. The Morgan fingerprint density at radius 1 is 1.29 bits per heavy atom. The van der Waals surface area contributed by atoms with Crippen molar-refractivity contribution in [3.05, 3.63) is 0 Å². The highest BCUT2D eigenvalue weighted by atomic mass is 32.2. The summed E-state index contributed by atoms with van der Waals surface area (Å²) in [7, 11) is -3.05. The second-order valence-electron chi connectivity index (χ2n) is 3.65. The fourth-order valence-corrected chi connectivity index (χ4v) is 1.47. The molecule has 7 nitrogen and oxygen atoms in total. The minimum atomic E-state index is -3.05. The normalized spacial score (nSPS) is 12.9. The first-order valence-corrected chi connectivity index (χ1v) is 7.32. The van der Waals surface area contributed by atoms with E-state index in [1.54, 1.807) is 13.8 Å². The molecule has 0 saturated carbocycles. The van der Waals surface area contributed by atoms with E-state index in [9.17, 15) is 18.0 Å². The highest BCUT2D eigenvalue weighted by molar-refractivity contribution is 7.90. The first-order chi connectivity index (χ1) is 7.76. The van der Waals surface area contributed by atoms with Crippen LogP contribution >= 0.6 is 0 Å². The summed E-state index contributed by atoms with van der Waals surface area (Å²) in [5.74, 6) is -0.546. The van der Waals surface area contributed by atoms with Crippen molar-refractivity contribution < 1.29 is 18.0 Å². The standard InChI is InChI=1S/C9H19N3O4S/c1-4-10-9(14)12-8(13)7(2)11-5-6-17(3,15)16/h7,11H,4-6H2,1-3H3,(H2,10,12,13,14). The smallest absolute Gasteiger partial charge is 0.321 e. The Labute approximate surface area is 101 Å². The van der Waals surface area contributed by atoms with Crippen molar-refractivity contribution in [2.24, 2.45) is 0 Å². The second-order valence-corrected chi connectivity index (χ2v) is 5.91. The van der Waals surface area contributed by atoms with Crippen molar-refractivity contribution >= 4 is 21.8 Å². The maximum atomic E-state index is 11.4. The SMILES string of the molecule is CCNC(=O)NC(=O)C(C)NCCS(C)(=O)=O. The zero-order valence-electron chi connectivity index (χ0n) is 10.2. The quantitative estimate of drug-likeness (QED) is 0.563. The number of carbonyl (C=O) groups excluding carboxylic acids is 2. The van der Waals surface area contributed by atoms with Gasteiger partial charge in [-0.05, 0) is 13.8 Å². The summed E-state index contributed by atoms with van der Waals surface area (Å²) in [6.45, 7) is 3.88. The summed E-state index contributed by atoms with van der Waals surface area (Å²) in [6.07, 6.45) is 1.12. The molecule has 0 fully saturated rings. The van der Waals surface area contributed by atoms with Crippen molar-refractivity contribution in [1.29, 1.82) is 0 Å². The Balaban J connectivity index is 3.94. The summed E-state index contributed by atoms with van der Waals surface area (Å²) in [6, 6.07) is -1.19. The average molecular weight is 265 g/mol. The molecule has 0 saturated heterocycles. The molecule has 0 aliphatic rings. The van der Waals surface area contributed by atoms with E-state index in [1.807, 2.05) is 0 Å². The molecule has 0 aromatic rings. The largest absolute Gasteiger partial charge is 0.338 e. The van der Waals surface area contributed by atoms with E-state index in [-0.39, 0.29) is 12.3 Å². The number of sulfone groups is 1. The van der Waals surface area contributed by atoms with Crippen LogP contribution in [0.3, 0.4) is 0 Å². The van der Waals surface area contributed by atoms with Gasteiger partial charge in [0.2, 0.25) is 5.91 Å². The number of hydrogen-bond donors (Lipinski definition) is 3. The van der Waals surface area contributed by atoms with E-state index in [0.29, 0.717) is 6.54 Å².